The number of carbonyl (C=O) groups is 1. The molecule has 0 bridgehead atoms. The summed E-state index contributed by atoms with van der Waals surface area (Å²) in [6.45, 7) is 2.31. The maximum Gasteiger partial charge on any atom is 0.335 e. The molecule has 2 aromatic carbocycles. The van der Waals surface area contributed by atoms with Gasteiger partial charge in [-0.2, -0.15) is 0 Å². The molecule has 0 radical (unpaired) electrons. The molecule has 2 N–H and O–H groups in total. The number of aromatic nitrogens is 1. The number of ether oxygens (including phenoxy) is 1. The molecule has 9 heteroatoms. The molecule has 0 unspecified atom stereocenters. The van der Waals surface area contributed by atoms with Gasteiger partial charge in [-0.1, -0.05) is 44.0 Å². The molecule has 0 saturated heterocycles. The molecule has 1 fully saturated rings. The monoisotopic (exact) mass is 486 g/mol. The smallest absolute Gasteiger partial charge is 0.335 e. The van der Waals surface area contributed by atoms with Gasteiger partial charge in [0, 0.05) is 5.56 Å². The van der Waals surface area contributed by atoms with Gasteiger partial charge in [-0.3, -0.25) is 4.72 Å². The van der Waals surface area contributed by atoms with Crippen LogP contribution in [0, 0.1) is 5.92 Å². The molecule has 3 aromatic rings. The van der Waals surface area contributed by atoms with Crippen molar-refractivity contribution in [3.8, 4) is 16.3 Å². The summed E-state index contributed by atoms with van der Waals surface area (Å²) in [5.41, 5.74) is 2.36. The van der Waals surface area contributed by atoms with E-state index in [1.807, 2.05) is 12.1 Å². The van der Waals surface area contributed by atoms with Crippen LogP contribution in [0.1, 0.15) is 54.4 Å². The van der Waals surface area contributed by atoms with E-state index in [-0.39, 0.29) is 21.2 Å². The normalized spacial score (nSPS) is 18.6. The van der Waals surface area contributed by atoms with Crippen molar-refractivity contribution in [2.75, 3.05) is 11.8 Å². The number of anilines is 1. The Hall–Kier alpha value is -2.91. The number of sulfonamides is 1. The second-order valence-electron chi connectivity index (χ2n) is 8.39. The fourth-order valence-electron chi connectivity index (χ4n) is 4.11. The predicted molar refractivity (Wildman–Crippen MR) is 129 cm³/mol. The molecule has 174 valence electrons. The van der Waals surface area contributed by atoms with Crippen LogP contribution in [0.15, 0.2) is 52.9 Å². The molecule has 7 nitrogen and oxygen atoms in total. The molecular formula is C24H26N2O5S2. The number of carboxylic acid groups (broad SMARTS) is 1. The first kappa shape index (κ1) is 23.3. The molecule has 0 amide bonds. The van der Waals surface area contributed by atoms with Gasteiger partial charge in [0.05, 0.1) is 24.6 Å². The Labute approximate surface area is 197 Å². The molecule has 0 aliphatic heterocycles. The standard InChI is InChI=1S/C24H26N2O5S2/c1-15-3-5-16(6-4-15)17-7-9-18(10-8-17)23-25-14-22(32-23)33(29,30)26-20-12-11-19(24(27)28)13-21(20)31-2/h7-16,26H,3-6H2,1-2H3,(H,27,28). The van der Waals surface area contributed by atoms with Crippen molar-refractivity contribution < 1.29 is 23.1 Å². The Morgan fingerprint density at radius 1 is 1.12 bits per heavy atom. The van der Waals surface area contributed by atoms with Gasteiger partial charge < -0.3 is 9.84 Å². The van der Waals surface area contributed by atoms with Crippen molar-refractivity contribution in [3.05, 3.63) is 59.8 Å². The van der Waals surface area contributed by atoms with Crippen molar-refractivity contribution in [2.24, 2.45) is 5.92 Å². The Morgan fingerprint density at radius 3 is 2.45 bits per heavy atom. The van der Waals surface area contributed by atoms with Crippen molar-refractivity contribution in [1.29, 1.82) is 0 Å². The highest BCUT2D eigenvalue weighted by molar-refractivity contribution is 7.94. The zero-order valence-corrected chi connectivity index (χ0v) is 20.1. The molecule has 1 aromatic heterocycles. The van der Waals surface area contributed by atoms with Gasteiger partial charge >= 0.3 is 5.97 Å². The van der Waals surface area contributed by atoms with E-state index >= 15 is 0 Å². The lowest BCUT2D eigenvalue weighted by molar-refractivity contribution is 0.0696. The highest BCUT2D eigenvalue weighted by atomic mass is 32.2. The first-order chi connectivity index (χ1) is 15.8. The Morgan fingerprint density at radius 2 is 1.82 bits per heavy atom. The molecule has 0 spiro atoms. The third-order valence-electron chi connectivity index (χ3n) is 6.09. The summed E-state index contributed by atoms with van der Waals surface area (Å²) in [4.78, 5) is 15.5. The number of hydrogen-bond donors (Lipinski definition) is 2. The van der Waals surface area contributed by atoms with Crippen LogP contribution < -0.4 is 9.46 Å². The minimum Gasteiger partial charge on any atom is -0.495 e. The topological polar surface area (TPSA) is 106 Å². The van der Waals surface area contributed by atoms with Crippen LogP contribution in [0.5, 0.6) is 5.75 Å². The summed E-state index contributed by atoms with van der Waals surface area (Å²) in [6, 6.07) is 12.2. The minimum atomic E-state index is -3.92. The van der Waals surface area contributed by atoms with E-state index in [1.54, 1.807) is 0 Å². The van der Waals surface area contributed by atoms with Gasteiger partial charge in [-0.15, -0.1) is 11.3 Å². The quantitative estimate of drug-likeness (QED) is 0.450. The van der Waals surface area contributed by atoms with Crippen LogP contribution in [-0.2, 0) is 10.0 Å². The van der Waals surface area contributed by atoms with E-state index in [1.165, 1.54) is 62.8 Å². The van der Waals surface area contributed by atoms with Crippen LogP contribution in [0.2, 0.25) is 0 Å². The summed E-state index contributed by atoms with van der Waals surface area (Å²) < 4.78 is 33.5. The third kappa shape index (κ3) is 5.20. The molecule has 1 aliphatic carbocycles. The maximum absolute atomic E-state index is 12.9. The molecule has 33 heavy (non-hydrogen) atoms. The summed E-state index contributed by atoms with van der Waals surface area (Å²) in [6.07, 6.45) is 6.27. The van der Waals surface area contributed by atoms with Crippen molar-refractivity contribution in [3.63, 3.8) is 0 Å². The van der Waals surface area contributed by atoms with Gasteiger partial charge in [-0.05, 0) is 48.4 Å². The maximum atomic E-state index is 12.9. The van der Waals surface area contributed by atoms with Crippen molar-refractivity contribution in [2.45, 2.75) is 42.7 Å². The molecular weight excluding hydrogens is 460 g/mol. The van der Waals surface area contributed by atoms with Crippen LogP contribution in [0.3, 0.4) is 0 Å². The van der Waals surface area contributed by atoms with E-state index < -0.39 is 16.0 Å². The molecule has 1 saturated carbocycles. The lowest BCUT2D eigenvalue weighted by atomic mass is 9.79. The van der Waals surface area contributed by atoms with Crippen LogP contribution in [0.25, 0.3) is 10.6 Å². The number of benzene rings is 2. The Bertz CT molecular complexity index is 1240. The number of methoxy groups -OCH3 is 1. The van der Waals surface area contributed by atoms with Crippen molar-refractivity contribution >= 4 is 33.0 Å². The summed E-state index contributed by atoms with van der Waals surface area (Å²) >= 11 is 1.08. The van der Waals surface area contributed by atoms with E-state index in [9.17, 15) is 13.2 Å². The molecule has 0 atom stereocenters. The minimum absolute atomic E-state index is 0.000981. The predicted octanol–water partition coefficient (Wildman–Crippen LogP) is 5.61. The summed E-state index contributed by atoms with van der Waals surface area (Å²) in [5.74, 6) is 0.392. The lowest BCUT2D eigenvalue weighted by Crippen LogP contribution is -2.12. The van der Waals surface area contributed by atoms with Crippen molar-refractivity contribution in [1.82, 2.24) is 4.98 Å². The van der Waals surface area contributed by atoms with Gasteiger partial charge in [0.25, 0.3) is 10.0 Å². The largest absolute Gasteiger partial charge is 0.495 e. The molecule has 1 heterocycles. The zero-order valence-electron chi connectivity index (χ0n) is 18.4. The van der Waals surface area contributed by atoms with Gasteiger partial charge in [-0.25, -0.2) is 18.2 Å². The Kier molecular flexibility index (Phi) is 6.71. The van der Waals surface area contributed by atoms with E-state index in [4.69, 9.17) is 9.84 Å². The summed E-state index contributed by atoms with van der Waals surface area (Å²) in [5, 5.41) is 9.74. The molecule has 1 aliphatic rings. The number of aromatic carboxylic acids is 1. The number of rotatable bonds is 7. The van der Waals surface area contributed by atoms with E-state index in [0.29, 0.717) is 10.9 Å². The average Bonchev–Trinajstić information content (AvgIpc) is 3.31. The molecule has 4 rings (SSSR count). The highest BCUT2D eigenvalue weighted by Crippen LogP contribution is 2.37. The number of thiazole rings is 1. The first-order valence-corrected chi connectivity index (χ1v) is 13.1. The number of hydrogen-bond acceptors (Lipinski definition) is 6. The number of nitrogens with one attached hydrogen (secondary N) is 1. The second-order valence-corrected chi connectivity index (χ2v) is 11.3. The van der Waals surface area contributed by atoms with E-state index in [2.05, 4.69) is 28.8 Å². The number of nitrogens with zero attached hydrogens (tertiary/aromatic N) is 1. The zero-order chi connectivity index (χ0) is 23.6. The fraction of sp³-hybridized carbons (Fsp3) is 0.333. The fourth-order valence-corrected chi connectivity index (χ4v) is 6.32. The van der Waals surface area contributed by atoms with Gasteiger partial charge in [0.1, 0.15) is 10.8 Å². The third-order valence-corrected chi connectivity index (χ3v) is 8.96. The van der Waals surface area contributed by atoms with Crippen LogP contribution >= 0.6 is 11.3 Å². The second kappa shape index (κ2) is 9.52. The Balaban J connectivity index is 1.51. The SMILES string of the molecule is COc1cc(C(=O)O)ccc1NS(=O)(=O)c1cnc(-c2ccc(C3CCC(C)CC3)cc2)s1. The van der Waals surface area contributed by atoms with Crippen LogP contribution in [0.4, 0.5) is 5.69 Å². The van der Waals surface area contributed by atoms with E-state index in [0.717, 1.165) is 22.8 Å². The first-order valence-electron chi connectivity index (χ1n) is 10.8. The lowest BCUT2D eigenvalue weighted by Gasteiger charge is -2.26. The highest BCUT2D eigenvalue weighted by Gasteiger charge is 2.22. The summed E-state index contributed by atoms with van der Waals surface area (Å²) in [7, 11) is -2.57. The van der Waals surface area contributed by atoms with Crippen LogP contribution in [-0.4, -0.2) is 31.6 Å². The van der Waals surface area contributed by atoms with Gasteiger partial charge in [0.15, 0.2) is 4.21 Å². The number of carboxylic acids is 1. The van der Waals surface area contributed by atoms with Gasteiger partial charge in [0.2, 0.25) is 0 Å². The average molecular weight is 487 g/mol.